The fraction of sp³-hybridized carbons (Fsp3) is 0.111. The van der Waals surface area contributed by atoms with Crippen LogP contribution in [0.5, 0.6) is 0 Å². The maximum Gasteiger partial charge on any atom is 0.234 e. The topological polar surface area (TPSA) is 103 Å². The average Bonchev–Trinajstić information content (AvgIpc) is 3.01. The summed E-state index contributed by atoms with van der Waals surface area (Å²) in [6.45, 7) is 1.47. The largest absolute Gasteiger partial charge is 0.335 e. The van der Waals surface area contributed by atoms with Crippen LogP contribution in [0.25, 0.3) is 11.4 Å². The number of ketones is 1. The van der Waals surface area contributed by atoms with Gasteiger partial charge in [0.2, 0.25) is 11.1 Å². The number of Topliss-reactive ketones (excluding diaryl/α,β-unsaturated/α-hetero) is 1. The fourth-order valence-electron chi connectivity index (χ4n) is 2.32. The summed E-state index contributed by atoms with van der Waals surface area (Å²) in [6.07, 6.45) is 0. The van der Waals surface area contributed by atoms with E-state index in [4.69, 9.17) is 5.84 Å². The van der Waals surface area contributed by atoms with E-state index in [1.165, 1.54) is 13.0 Å². The summed E-state index contributed by atoms with van der Waals surface area (Å²) in [6, 6.07) is 12.7. The minimum Gasteiger partial charge on any atom is -0.335 e. The van der Waals surface area contributed by atoms with E-state index < -0.39 is 5.82 Å². The zero-order valence-corrected chi connectivity index (χ0v) is 15.2. The Bertz CT molecular complexity index is 988. The second-order valence-corrected chi connectivity index (χ2v) is 6.57. The van der Waals surface area contributed by atoms with Gasteiger partial charge in [-0.15, -0.1) is 10.2 Å². The lowest BCUT2D eigenvalue weighted by atomic mass is 10.1. The highest BCUT2D eigenvalue weighted by Gasteiger charge is 2.16. The highest BCUT2D eigenvalue weighted by molar-refractivity contribution is 7.99. The zero-order valence-electron chi connectivity index (χ0n) is 14.3. The number of aromatic nitrogens is 3. The first-order valence-corrected chi connectivity index (χ1v) is 8.93. The number of carbonyl (C=O) groups is 2. The zero-order chi connectivity index (χ0) is 19.4. The quantitative estimate of drug-likeness (QED) is 0.384. The summed E-state index contributed by atoms with van der Waals surface area (Å²) in [5, 5.41) is 10.8. The minimum absolute atomic E-state index is 0.0427. The van der Waals surface area contributed by atoms with Crippen LogP contribution in [-0.2, 0) is 4.79 Å². The summed E-state index contributed by atoms with van der Waals surface area (Å²) in [7, 11) is 0. The number of hydrogen-bond donors (Lipinski definition) is 2. The van der Waals surface area contributed by atoms with Gasteiger partial charge in [0.15, 0.2) is 11.6 Å². The molecule has 1 amide bonds. The van der Waals surface area contributed by atoms with E-state index in [2.05, 4.69) is 15.5 Å². The van der Waals surface area contributed by atoms with Gasteiger partial charge in [-0.2, -0.15) is 0 Å². The lowest BCUT2D eigenvalue weighted by Gasteiger charge is -2.06. The van der Waals surface area contributed by atoms with Crippen LogP contribution in [0.1, 0.15) is 17.3 Å². The molecule has 2 aromatic carbocycles. The van der Waals surface area contributed by atoms with Gasteiger partial charge >= 0.3 is 0 Å². The third kappa shape index (κ3) is 4.32. The third-order valence-electron chi connectivity index (χ3n) is 3.69. The van der Waals surface area contributed by atoms with Gasteiger partial charge in [-0.05, 0) is 43.3 Å². The summed E-state index contributed by atoms with van der Waals surface area (Å²) < 4.78 is 15.0. The lowest BCUT2D eigenvalue weighted by Crippen LogP contribution is -2.16. The molecular weight excluding hydrogens is 369 g/mol. The number of thioether (sulfide) groups is 1. The number of nitrogens with one attached hydrogen (secondary N) is 1. The molecule has 0 radical (unpaired) electrons. The molecule has 0 aliphatic carbocycles. The molecule has 0 aliphatic heterocycles. The molecule has 0 spiro atoms. The Balaban J connectivity index is 1.62. The highest BCUT2D eigenvalue weighted by atomic mass is 32.2. The Morgan fingerprint density at radius 2 is 1.85 bits per heavy atom. The number of carbonyl (C=O) groups excluding carboxylic acids is 2. The number of amides is 1. The Hall–Kier alpha value is -3.20. The van der Waals surface area contributed by atoms with E-state index in [9.17, 15) is 14.0 Å². The smallest absolute Gasteiger partial charge is 0.234 e. The summed E-state index contributed by atoms with van der Waals surface area (Å²) in [5.74, 6) is 5.37. The molecule has 0 bridgehead atoms. The first-order chi connectivity index (χ1) is 13.0. The maximum atomic E-state index is 13.9. The van der Waals surface area contributed by atoms with E-state index >= 15 is 0 Å². The van der Waals surface area contributed by atoms with Crippen molar-refractivity contribution >= 4 is 29.1 Å². The predicted octanol–water partition coefficient (Wildman–Crippen LogP) is 2.73. The molecule has 7 nitrogen and oxygen atoms in total. The van der Waals surface area contributed by atoms with E-state index in [-0.39, 0.29) is 34.0 Å². The van der Waals surface area contributed by atoms with Crippen molar-refractivity contribution in [1.29, 1.82) is 0 Å². The molecule has 1 heterocycles. The van der Waals surface area contributed by atoms with E-state index in [1.807, 2.05) is 0 Å². The molecule has 1 aromatic heterocycles. The molecular formula is C18H16FN5O2S. The number of nitrogens with two attached hydrogens (primary N) is 1. The van der Waals surface area contributed by atoms with Crippen molar-refractivity contribution in [2.45, 2.75) is 12.1 Å². The fourth-order valence-corrected chi connectivity index (χ4v) is 2.97. The summed E-state index contributed by atoms with van der Waals surface area (Å²) in [5.41, 5.74) is 1.38. The molecule has 0 aliphatic rings. The van der Waals surface area contributed by atoms with Gasteiger partial charge in [-0.3, -0.25) is 9.59 Å². The predicted molar refractivity (Wildman–Crippen MR) is 101 cm³/mol. The van der Waals surface area contributed by atoms with Gasteiger partial charge in [0.1, 0.15) is 5.82 Å². The van der Waals surface area contributed by atoms with Crippen molar-refractivity contribution in [3.63, 3.8) is 0 Å². The number of hydrogen-bond acceptors (Lipinski definition) is 6. The standard InChI is InChI=1S/C18H16FN5O2S/c1-11(25)12-6-8-13(9-7-12)21-16(26)10-27-18-23-22-17(24(18)20)14-4-2-3-5-15(14)19/h2-9H,10,20H2,1H3,(H,21,26). The normalized spacial score (nSPS) is 10.6. The van der Waals surface area contributed by atoms with Crippen LogP contribution in [0, 0.1) is 5.82 Å². The number of anilines is 1. The Morgan fingerprint density at radius 3 is 2.52 bits per heavy atom. The second-order valence-electron chi connectivity index (χ2n) is 5.63. The third-order valence-corrected chi connectivity index (χ3v) is 4.63. The van der Waals surface area contributed by atoms with Crippen molar-refractivity contribution < 1.29 is 14.0 Å². The summed E-state index contributed by atoms with van der Waals surface area (Å²) in [4.78, 5) is 23.3. The van der Waals surface area contributed by atoms with Crippen molar-refractivity contribution in [2.24, 2.45) is 0 Å². The summed E-state index contributed by atoms with van der Waals surface area (Å²) >= 11 is 1.08. The molecule has 3 rings (SSSR count). The van der Waals surface area contributed by atoms with Gasteiger partial charge in [0.25, 0.3) is 0 Å². The van der Waals surface area contributed by atoms with Crippen LogP contribution < -0.4 is 11.2 Å². The second kappa shape index (κ2) is 8.00. The van der Waals surface area contributed by atoms with Crippen LogP contribution in [-0.4, -0.2) is 32.3 Å². The van der Waals surface area contributed by atoms with Crippen molar-refractivity contribution in [2.75, 3.05) is 16.9 Å². The molecule has 0 atom stereocenters. The van der Waals surface area contributed by atoms with Crippen molar-refractivity contribution in [3.05, 3.63) is 59.9 Å². The van der Waals surface area contributed by atoms with Gasteiger partial charge in [-0.25, -0.2) is 9.07 Å². The molecule has 3 aromatic rings. The molecule has 0 saturated heterocycles. The van der Waals surface area contributed by atoms with E-state index in [1.54, 1.807) is 42.5 Å². The molecule has 138 valence electrons. The minimum atomic E-state index is -0.458. The van der Waals surface area contributed by atoms with Gasteiger partial charge < -0.3 is 11.2 Å². The molecule has 0 fully saturated rings. The first kappa shape index (κ1) is 18.6. The molecule has 3 N–H and O–H groups in total. The van der Waals surface area contributed by atoms with Crippen molar-refractivity contribution in [1.82, 2.24) is 14.9 Å². The van der Waals surface area contributed by atoms with Crippen LogP contribution >= 0.6 is 11.8 Å². The van der Waals surface area contributed by atoms with Crippen LogP contribution in [0.15, 0.2) is 53.7 Å². The van der Waals surface area contributed by atoms with Crippen molar-refractivity contribution in [3.8, 4) is 11.4 Å². The Labute approximate surface area is 158 Å². The maximum absolute atomic E-state index is 13.9. The monoisotopic (exact) mass is 385 g/mol. The number of nitrogen functional groups attached to an aromatic ring is 1. The lowest BCUT2D eigenvalue weighted by molar-refractivity contribution is -0.113. The number of nitrogens with zero attached hydrogens (tertiary/aromatic N) is 3. The van der Waals surface area contributed by atoms with Crippen LogP contribution in [0.2, 0.25) is 0 Å². The SMILES string of the molecule is CC(=O)c1ccc(NC(=O)CSc2nnc(-c3ccccc3F)n2N)cc1. The van der Waals surface area contributed by atoms with Crippen LogP contribution in [0.4, 0.5) is 10.1 Å². The van der Waals surface area contributed by atoms with Gasteiger partial charge in [0.05, 0.1) is 11.3 Å². The Morgan fingerprint density at radius 1 is 1.15 bits per heavy atom. The highest BCUT2D eigenvalue weighted by Crippen LogP contribution is 2.23. The number of halogens is 1. The van der Waals surface area contributed by atoms with Gasteiger partial charge in [-0.1, -0.05) is 23.9 Å². The first-order valence-electron chi connectivity index (χ1n) is 7.94. The molecule has 9 heteroatoms. The molecule has 0 unspecified atom stereocenters. The number of rotatable bonds is 6. The van der Waals surface area contributed by atoms with E-state index in [0.29, 0.717) is 11.3 Å². The van der Waals surface area contributed by atoms with E-state index in [0.717, 1.165) is 16.4 Å². The average molecular weight is 385 g/mol. The number of benzene rings is 2. The molecule has 27 heavy (non-hydrogen) atoms. The molecule has 0 saturated carbocycles. The van der Waals surface area contributed by atoms with Gasteiger partial charge in [0, 0.05) is 11.3 Å². The Kier molecular flexibility index (Phi) is 5.51. The van der Waals surface area contributed by atoms with Crippen LogP contribution in [0.3, 0.4) is 0 Å².